The molecule has 156 valence electrons. The van der Waals surface area contributed by atoms with Gasteiger partial charge in [-0.15, -0.1) is 0 Å². The summed E-state index contributed by atoms with van der Waals surface area (Å²) in [4.78, 5) is 16.0. The lowest BCUT2D eigenvalue weighted by molar-refractivity contribution is -0.917. The van der Waals surface area contributed by atoms with Gasteiger partial charge >= 0.3 is 0 Å². The zero-order chi connectivity index (χ0) is 21.1. The first-order valence-corrected chi connectivity index (χ1v) is 10.4. The molecule has 0 spiro atoms. The fourth-order valence-corrected chi connectivity index (χ4v) is 3.90. The zero-order valence-corrected chi connectivity index (χ0v) is 17.5. The molecular weight excluding hydrogens is 379 g/mol. The van der Waals surface area contributed by atoms with Crippen molar-refractivity contribution in [3.63, 3.8) is 0 Å². The van der Waals surface area contributed by atoms with E-state index in [1.54, 1.807) is 12.0 Å². The molecule has 1 amide bonds. The van der Waals surface area contributed by atoms with Crippen molar-refractivity contribution < 1.29 is 18.8 Å². The van der Waals surface area contributed by atoms with Crippen LogP contribution in [0.1, 0.15) is 24.0 Å². The van der Waals surface area contributed by atoms with E-state index in [9.17, 15) is 9.18 Å². The number of nitrogens with one attached hydrogen (secondary N) is 1. The second kappa shape index (κ2) is 8.84. The van der Waals surface area contributed by atoms with Gasteiger partial charge in [0.2, 0.25) is 0 Å². The Morgan fingerprint density at radius 1 is 1.03 bits per heavy atom. The van der Waals surface area contributed by atoms with Gasteiger partial charge in [-0.2, -0.15) is 0 Å². The Hall–Kier alpha value is -2.92. The molecule has 0 heterocycles. The average molecular weight is 408 g/mol. The van der Waals surface area contributed by atoms with Gasteiger partial charge in [0.15, 0.2) is 6.54 Å². The third kappa shape index (κ3) is 4.97. The van der Waals surface area contributed by atoms with Gasteiger partial charge in [0.05, 0.1) is 13.2 Å². The van der Waals surface area contributed by atoms with Crippen molar-refractivity contribution in [3.8, 4) is 5.75 Å². The maximum atomic E-state index is 13.2. The van der Waals surface area contributed by atoms with Crippen LogP contribution >= 0.6 is 0 Å². The molecule has 0 saturated heterocycles. The number of rotatable bonds is 8. The molecule has 1 aliphatic rings. The van der Waals surface area contributed by atoms with Gasteiger partial charge < -0.3 is 14.5 Å². The Morgan fingerprint density at radius 3 is 2.40 bits per heavy atom. The first-order valence-electron chi connectivity index (χ1n) is 10.4. The summed E-state index contributed by atoms with van der Waals surface area (Å²) in [6.07, 6.45) is 2.31. The van der Waals surface area contributed by atoms with Crippen LogP contribution in [0.15, 0.2) is 60.7 Å². The van der Waals surface area contributed by atoms with E-state index in [0.717, 1.165) is 47.0 Å². The van der Waals surface area contributed by atoms with Crippen molar-refractivity contribution >= 4 is 16.7 Å². The summed E-state index contributed by atoms with van der Waals surface area (Å²) in [5.74, 6) is 0.747. The lowest BCUT2D eigenvalue weighted by Gasteiger charge is -2.23. The van der Waals surface area contributed by atoms with Crippen LogP contribution in [0.2, 0.25) is 0 Å². The molecule has 3 aromatic rings. The number of fused-ring (bicyclic) bond motifs is 1. The number of hydrogen-bond donors (Lipinski definition) is 1. The molecule has 0 aliphatic heterocycles. The molecule has 1 unspecified atom stereocenters. The second-order valence-corrected chi connectivity index (χ2v) is 8.21. The maximum Gasteiger partial charge on any atom is 0.277 e. The Bertz CT molecular complexity index is 1030. The smallest absolute Gasteiger partial charge is 0.277 e. The number of methoxy groups -OCH3 is 1. The van der Waals surface area contributed by atoms with Crippen LogP contribution in [0.5, 0.6) is 5.75 Å². The van der Waals surface area contributed by atoms with Gasteiger partial charge in [-0.25, -0.2) is 4.39 Å². The van der Waals surface area contributed by atoms with E-state index in [0.29, 0.717) is 19.1 Å². The number of benzene rings is 3. The standard InChI is InChI=1S/C25H27FN2O2/c1-27(15-19-3-6-21-14-24(30-2)12-7-20(21)13-19)25(29)17-28(23-10-11-23)16-18-4-8-22(26)9-5-18/h3-9,12-14,23H,10-11,15-17H2,1-2H3/p+1. The van der Waals surface area contributed by atoms with E-state index in [-0.39, 0.29) is 11.7 Å². The van der Waals surface area contributed by atoms with E-state index in [1.165, 1.54) is 17.0 Å². The Morgan fingerprint density at radius 2 is 1.70 bits per heavy atom. The van der Waals surface area contributed by atoms with E-state index in [1.807, 2.05) is 37.4 Å². The highest BCUT2D eigenvalue weighted by molar-refractivity contribution is 5.84. The first-order chi connectivity index (χ1) is 14.5. The van der Waals surface area contributed by atoms with E-state index in [2.05, 4.69) is 18.2 Å². The van der Waals surface area contributed by atoms with Gasteiger partial charge in [-0.3, -0.25) is 4.79 Å². The number of amides is 1. The molecule has 0 radical (unpaired) electrons. The van der Waals surface area contributed by atoms with Crippen LogP contribution < -0.4 is 9.64 Å². The molecular formula is C25H28FN2O2+. The highest BCUT2D eigenvalue weighted by Gasteiger charge is 2.35. The number of carbonyl (C=O) groups is 1. The summed E-state index contributed by atoms with van der Waals surface area (Å²) < 4.78 is 18.5. The van der Waals surface area contributed by atoms with Gasteiger partial charge in [0, 0.05) is 32.0 Å². The Balaban J connectivity index is 1.39. The zero-order valence-electron chi connectivity index (χ0n) is 17.5. The van der Waals surface area contributed by atoms with Crippen LogP contribution in [0, 0.1) is 5.82 Å². The van der Waals surface area contributed by atoms with Crippen molar-refractivity contribution in [2.45, 2.75) is 32.0 Å². The number of likely N-dealkylation sites (N-methyl/N-ethyl adjacent to an activating group) is 1. The normalized spacial score (nSPS) is 14.5. The SMILES string of the molecule is COc1ccc2cc(CN(C)C(=O)C[NH+](Cc3ccc(F)cc3)C3CC3)ccc2c1. The lowest BCUT2D eigenvalue weighted by atomic mass is 10.1. The van der Waals surface area contributed by atoms with E-state index in [4.69, 9.17) is 4.74 Å². The van der Waals surface area contributed by atoms with Crippen molar-refractivity contribution in [1.29, 1.82) is 0 Å². The van der Waals surface area contributed by atoms with E-state index >= 15 is 0 Å². The molecule has 3 aromatic carbocycles. The molecule has 30 heavy (non-hydrogen) atoms. The van der Waals surface area contributed by atoms with Gasteiger partial charge in [0.1, 0.15) is 18.1 Å². The molecule has 5 heteroatoms. The molecule has 4 rings (SSSR count). The molecule has 1 atom stereocenters. The van der Waals surface area contributed by atoms with Crippen LogP contribution in [0.3, 0.4) is 0 Å². The minimum absolute atomic E-state index is 0.133. The summed E-state index contributed by atoms with van der Waals surface area (Å²) in [5.41, 5.74) is 2.17. The van der Waals surface area contributed by atoms with Crippen molar-refractivity contribution in [2.24, 2.45) is 0 Å². The molecule has 4 nitrogen and oxygen atoms in total. The number of hydrogen-bond acceptors (Lipinski definition) is 2. The third-order valence-electron chi connectivity index (χ3n) is 5.83. The number of ether oxygens (including phenoxy) is 1. The maximum absolute atomic E-state index is 13.2. The molecule has 0 aromatic heterocycles. The summed E-state index contributed by atoms with van der Waals surface area (Å²) in [7, 11) is 3.53. The lowest BCUT2D eigenvalue weighted by Crippen LogP contribution is -3.13. The predicted octanol–water partition coefficient (Wildman–Crippen LogP) is 3.19. The highest BCUT2D eigenvalue weighted by Crippen LogP contribution is 2.22. The largest absolute Gasteiger partial charge is 0.497 e. The number of carbonyl (C=O) groups excluding carboxylic acids is 1. The van der Waals surface area contributed by atoms with Crippen molar-refractivity contribution in [1.82, 2.24) is 4.90 Å². The number of quaternary nitrogens is 1. The monoisotopic (exact) mass is 407 g/mol. The minimum Gasteiger partial charge on any atom is -0.497 e. The number of nitrogens with zero attached hydrogens (tertiary/aromatic N) is 1. The third-order valence-corrected chi connectivity index (χ3v) is 5.83. The topological polar surface area (TPSA) is 34.0 Å². The van der Waals surface area contributed by atoms with Crippen LogP contribution in [-0.2, 0) is 17.9 Å². The van der Waals surface area contributed by atoms with Gasteiger partial charge in [-0.1, -0.05) is 30.3 Å². The molecule has 1 fully saturated rings. The molecule has 0 bridgehead atoms. The number of halogens is 1. The van der Waals surface area contributed by atoms with E-state index < -0.39 is 0 Å². The summed E-state index contributed by atoms with van der Waals surface area (Å²) in [6.45, 7) is 1.79. The van der Waals surface area contributed by atoms with Gasteiger partial charge in [-0.05, 0) is 46.7 Å². The predicted molar refractivity (Wildman–Crippen MR) is 116 cm³/mol. The van der Waals surface area contributed by atoms with Crippen molar-refractivity contribution in [2.75, 3.05) is 20.7 Å². The summed E-state index contributed by atoms with van der Waals surface area (Å²) >= 11 is 0. The molecule has 1 saturated carbocycles. The Labute approximate surface area is 176 Å². The summed E-state index contributed by atoms with van der Waals surface area (Å²) in [6, 6.07) is 19.4. The molecule has 1 N–H and O–H groups in total. The highest BCUT2D eigenvalue weighted by atomic mass is 19.1. The minimum atomic E-state index is -0.226. The van der Waals surface area contributed by atoms with Crippen molar-refractivity contribution in [3.05, 3.63) is 77.6 Å². The van der Waals surface area contributed by atoms with Crippen LogP contribution in [-0.4, -0.2) is 37.6 Å². The van der Waals surface area contributed by atoms with Crippen LogP contribution in [0.25, 0.3) is 10.8 Å². The second-order valence-electron chi connectivity index (χ2n) is 8.21. The quantitative estimate of drug-likeness (QED) is 0.622. The first kappa shape index (κ1) is 20.4. The Kier molecular flexibility index (Phi) is 6.00. The molecule has 1 aliphatic carbocycles. The average Bonchev–Trinajstić information content (AvgIpc) is 3.59. The fourth-order valence-electron chi connectivity index (χ4n) is 3.90. The summed E-state index contributed by atoms with van der Waals surface area (Å²) in [5, 5.41) is 2.26. The fraction of sp³-hybridized carbons (Fsp3) is 0.320. The van der Waals surface area contributed by atoms with Gasteiger partial charge in [0.25, 0.3) is 5.91 Å². The van der Waals surface area contributed by atoms with Crippen LogP contribution in [0.4, 0.5) is 4.39 Å².